The minimum Gasteiger partial charge on any atom is -0.496 e. The SMILES string of the molecule is COc1cc(Cl)ccc1C(=O)Nc1ccc(C=O)cn1. The fraction of sp³-hybridized carbons (Fsp3) is 0.0714. The Morgan fingerprint density at radius 3 is 2.75 bits per heavy atom. The monoisotopic (exact) mass is 290 g/mol. The van der Waals surface area contributed by atoms with Crippen LogP contribution in [-0.2, 0) is 0 Å². The molecule has 0 aliphatic carbocycles. The van der Waals surface area contributed by atoms with Gasteiger partial charge < -0.3 is 10.1 Å². The third-order valence-electron chi connectivity index (χ3n) is 2.57. The first-order valence-corrected chi connectivity index (χ1v) is 6.08. The number of aromatic nitrogens is 1. The van der Waals surface area contributed by atoms with E-state index in [0.717, 1.165) is 0 Å². The summed E-state index contributed by atoms with van der Waals surface area (Å²) in [6.45, 7) is 0. The predicted molar refractivity (Wildman–Crippen MR) is 75.6 cm³/mol. The summed E-state index contributed by atoms with van der Waals surface area (Å²) in [5, 5.41) is 3.09. The molecule has 1 amide bonds. The molecule has 1 N–H and O–H groups in total. The summed E-state index contributed by atoms with van der Waals surface area (Å²) >= 11 is 5.84. The molecule has 0 aliphatic rings. The number of halogens is 1. The predicted octanol–water partition coefficient (Wildman–Crippen LogP) is 2.81. The van der Waals surface area contributed by atoms with Crippen LogP contribution in [0.4, 0.5) is 5.82 Å². The van der Waals surface area contributed by atoms with Gasteiger partial charge in [-0.1, -0.05) is 11.6 Å². The lowest BCUT2D eigenvalue weighted by Gasteiger charge is -2.09. The van der Waals surface area contributed by atoms with E-state index in [1.807, 2.05) is 0 Å². The van der Waals surface area contributed by atoms with Gasteiger partial charge >= 0.3 is 0 Å². The van der Waals surface area contributed by atoms with E-state index >= 15 is 0 Å². The van der Waals surface area contributed by atoms with Gasteiger partial charge in [-0.2, -0.15) is 0 Å². The second kappa shape index (κ2) is 6.16. The van der Waals surface area contributed by atoms with Crippen LogP contribution in [0.1, 0.15) is 20.7 Å². The van der Waals surface area contributed by atoms with Gasteiger partial charge in [-0.25, -0.2) is 4.98 Å². The van der Waals surface area contributed by atoms with Gasteiger partial charge in [-0.15, -0.1) is 0 Å². The fourth-order valence-corrected chi connectivity index (χ4v) is 1.75. The molecule has 0 spiro atoms. The number of hydrogen-bond acceptors (Lipinski definition) is 4. The zero-order valence-corrected chi connectivity index (χ0v) is 11.3. The highest BCUT2D eigenvalue weighted by molar-refractivity contribution is 6.31. The van der Waals surface area contributed by atoms with Crippen LogP contribution in [0.25, 0.3) is 0 Å². The Hall–Kier alpha value is -2.40. The van der Waals surface area contributed by atoms with E-state index < -0.39 is 0 Å². The van der Waals surface area contributed by atoms with Crippen molar-refractivity contribution in [3.05, 3.63) is 52.7 Å². The molecule has 0 saturated carbocycles. The number of anilines is 1. The minimum absolute atomic E-state index is 0.345. The molecule has 2 aromatic rings. The number of carbonyl (C=O) groups is 2. The average molecular weight is 291 g/mol. The molecule has 0 radical (unpaired) electrons. The highest BCUT2D eigenvalue weighted by Crippen LogP contribution is 2.23. The van der Waals surface area contributed by atoms with Crippen molar-refractivity contribution in [3.63, 3.8) is 0 Å². The molecule has 1 aromatic carbocycles. The summed E-state index contributed by atoms with van der Waals surface area (Å²) in [4.78, 5) is 26.6. The first-order valence-electron chi connectivity index (χ1n) is 5.70. The Kier molecular flexibility index (Phi) is 4.32. The van der Waals surface area contributed by atoms with E-state index in [-0.39, 0.29) is 5.91 Å². The van der Waals surface area contributed by atoms with Crippen molar-refractivity contribution in [1.82, 2.24) is 4.98 Å². The number of aldehydes is 1. The Labute approximate surface area is 120 Å². The summed E-state index contributed by atoms with van der Waals surface area (Å²) in [5.41, 5.74) is 0.783. The highest BCUT2D eigenvalue weighted by Gasteiger charge is 2.13. The standard InChI is InChI=1S/C14H11ClN2O3/c1-20-12-6-10(15)3-4-11(12)14(19)17-13-5-2-9(8-18)7-16-13/h2-8H,1H3,(H,16,17,19). The van der Waals surface area contributed by atoms with Gasteiger partial charge in [0.1, 0.15) is 11.6 Å². The lowest BCUT2D eigenvalue weighted by Crippen LogP contribution is -2.14. The van der Waals surface area contributed by atoms with Gasteiger partial charge in [0.2, 0.25) is 0 Å². The molecule has 0 fully saturated rings. The van der Waals surface area contributed by atoms with Gasteiger partial charge in [0, 0.05) is 16.8 Å². The fourth-order valence-electron chi connectivity index (χ4n) is 1.59. The second-order valence-corrected chi connectivity index (χ2v) is 4.33. The number of ether oxygens (including phenoxy) is 1. The number of carbonyl (C=O) groups excluding carboxylic acids is 2. The van der Waals surface area contributed by atoms with Crippen LogP contribution < -0.4 is 10.1 Å². The Morgan fingerprint density at radius 1 is 1.35 bits per heavy atom. The van der Waals surface area contributed by atoms with E-state index in [2.05, 4.69) is 10.3 Å². The first-order chi connectivity index (χ1) is 9.63. The topological polar surface area (TPSA) is 68.3 Å². The zero-order valence-electron chi connectivity index (χ0n) is 10.6. The van der Waals surface area contributed by atoms with Gasteiger partial charge in [0.25, 0.3) is 5.91 Å². The van der Waals surface area contributed by atoms with Crippen LogP contribution >= 0.6 is 11.6 Å². The number of rotatable bonds is 4. The van der Waals surface area contributed by atoms with Gasteiger partial charge in [0.05, 0.1) is 12.7 Å². The maximum absolute atomic E-state index is 12.1. The number of hydrogen-bond donors (Lipinski definition) is 1. The van der Waals surface area contributed by atoms with Gasteiger partial charge in [-0.05, 0) is 30.3 Å². The molecule has 0 saturated heterocycles. The molecule has 0 aliphatic heterocycles. The molecule has 1 heterocycles. The van der Waals surface area contributed by atoms with E-state index in [1.165, 1.54) is 13.3 Å². The van der Waals surface area contributed by atoms with Crippen LogP contribution in [-0.4, -0.2) is 24.3 Å². The third-order valence-corrected chi connectivity index (χ3v) is 2.81. The number of methoxy groups -OCH3 is 1. The molecule has 2 rings (SSSR count). The van der Waals surface area contributed by atoms with Crippen molar-refractivity contribution in [1.29, 1.82) is 0 Å². The average Bonchev–Trinajstić information content (AvgIpc) is 2.47. The molecular weight excluding hydrogens is 280 g/mol. The van der Waals surface area contributed by atoms with Crippen molar-refractivity contribution >= 4 is 29.6 Å². The smallest absolute Gasteiger partial charge is 0.260 e. The van der Waals surface area contributed by atoms with Crippen LogP contribution in [0.2, 0.25) is 5.02 Å². The van der Waals surface area contributed by atoms with Crippen molar-refractivity contribution in [2.24, 2.45) is 0 Å². The Bertz CT molecular complexity index is 641. The Morgan fingerprint density at radius 2 is 2.15 bits per heavy atom. The Balaban J connectivity index is 2.21. The molecule has 0 bridgehead atoms. The summed E-state index contributed by atoms with van der Waals surface area (Å²) in [5.74, 6) is 0.349. The molecular formula is C14H11ClN2O3. The van der Waals surface area contributed by atoms with Crippen LogP contribution in [0.3, 0.4) is 0 Å². The number of nitrogens with one attached hydrogen (secondary N) is 1. The highest BCUT2D eigenvalue weighted by atomic mass is 35.5. The maximum Gasteiger partial charge on any atom is 0.260 e. The van der Waals surface area contributed by atoms with Crippen molar-refractivity contribution < 1.29 is 14.3 Å². The number of pyridine rings is 1. The minimum atomic E-state index is -0.370. The quantitative estimate of drug-likeness (QED) is 0.879. The number of benzene rings is 1. The van der Waals surface area contributed by atoms with Crippen molar-refractivity contribution in [3.8, 4) is 5.75 Å². The zero-order chi connectivity index (χ0) is 14.5. The molecule has 1 aromatic heterocycles. The number of nitrogens with zero attached hydrogens (tertiary/aromatic N) is 1. The lowest BCUT2D eigenvalue weighted by molar-refractivity contribution is 0.102. The summed E-state index contributed by atoms with van der Waals surface area (Å²) < 4.78 is 5.11. The van der Waals surface area contributed by atoms with Crippen LogP contribution in [0.5, 0.6) is 5.75 Å². The molecule has 20 heavy (non-hydrogen) atoms. The summed E-state index contributed by atoms with van der Waals surface area (Å²) in [6, 6.07) is 7.83. The number of amides is 1. The van der Waals surface area contributed by atoms with Gasteiger partial charge in [-0.3, -0.25) is 9.59 Å². The molecule has 102 valence electrons. The molecule has 0 atom stereocenters. The summed E-state index contributed by atoms with van der Waals surface area (Å²) in [7, 11) is 1.46. The van der Waals surface area contributed by atoms with Gasteiger partial charge in [0.15, 0.2) is 6.29 Å². The third kappa shape index (κ3) is 3.13. The van der Waals surface area contributed by atoms with E-state index in [1.54, 1.807) is 30.3 Å². The maximum atomic E-state index is 12.1. The normalized spacial score (nSPS) is 9.90. The molecule has 5 nitrogen and oxygen atoms in total. The molecule has 0 unspecified atom stereocenters. The first kappa shape index (κ1) is 14.0. The van der Waals surface area contributed by atoms with Crippen molar-refractivity contribution in [2.45, 2.75) is 0 Å². The summed E-state index contributed by atoms with van der Waals surface area (Å²) in [6.07, 6.45) is 2.06. The van der Waals surface area contributed by atoms with E-state index in [0.29, 0.717) is 34.0 Å². The largest absolute Gasteiger partial charge is 0.496 e. The van der Waals surface area contributed by atoms with Crippen molar-refractivity contribution in [2.75, 3.05) is 12.4 Å². The van der Waals surface area contributed by atoms with E-state index in [4.69, 9.17) is 16.3 Å². The molecule has 6 heteroatoms. The second-order valence-electron chi connectivity index (χ2n) is 3.89. The van der Waals surface area contributed by atoms with E-state index in [9.17, 15) is 9.59 Å². The van der Waals surface area contributed by atoms with Crippen LogP contribution in [0.15, 0.2) is 36.5 Å². The van der Waals surface area contributed by atoms with Crippen LogP contribution in [0, 0.1) is 0 Å². The lowest BCUT2D eigenvalue weighted by atomic mass is 10.2.